The van der Waals surface area contributed by atoms with Crippen LogP contribution in [0.1, 0.15) is 18.1 Å². The lowest BCUT2D eigenvalue weighted by atomic mass is 10.1. The molecule has 2 aromatic rings. The normalized spacial score (nSPS) is 11.1. The lowest BCUT2D eigenvalue weighted by Crippen LogP contribution is -1.96. The Morgan fingerprint density at radius 2 is 2.20 bits per heavy atom. The topological polar surface area (TPSA) is 30.9 Å². The summed E-state index contributed by atoms with van der Waals surface area (Å²) >= 11 is 4.36. The number of rotatable bonds is 3. The van der Waals surface area contributed by atoms with Gasteiger partial charge < -0.3 is 10.3 Å². The number of aryl methyl sites for hydroxylation is 1. The Labute approximate surface area is 95.5 Å². The first-order chi connectivity index (χ1) is 7.30. The monoisotopic (exact) mass is 220 g/mol. The Morgan fingerprint density at radius 1 is 1.40 bits per heavy atom. The SMILES string of the molecule is CCn1cc(CS)c2cc(CN)ccc21. The maximum Gasteiger partial charge on any atom is 0.0483 e. The molecule has 1 heterocycles. The second kappa shape index (κ2) is 4.29. The van der Waals surface area contributed by atoms with Crippen LogP contribution in [-0.2, 0) is 18.8 Å². The first-order valence-electron chi connectivity index (χ1n) is 5.21. The van der Waals surface area contributed by atoms with Gasteiger partial charge in [0, 0.05) is 35.9 Å². The standard InChI is InChI=1S/C12H16N2S/c1-2-14-7-10(8-15)11-5-9(6-13)3-4-12(11)14/h3-5,7,15H,2,6,8,13H2,1H3. The quantitative estimate of drug-likeness (QED) is 0.765. The molecular formula is C12H16N2S. The highest BCUT2D eigenvalue weighted by Gasteiger charge is 2.06. The first-order valence-corrected chi connectivity index (χ1v) is 5.85. The van der Waals surface area contributed by atoms with Gasteiger partial charge in [-0.25, -0.2) is 0 Å². The largest absolute Gasteiger partial charge is 0.347 e. The summed E-state index contributed by atoms with van der Waals surface area (Å²) in [5.74, 6) is 0.775. The van der Waals surface area contributed by atoms with Crippen molar-refractivity contribution in [3.05, 3.63) is 35.5 Å². The first kappa shape index (κ1) is 10.6. The summed E-state index contributed by atoms with van der Waals surface area (Å²) in [5.41, 5.74) is 9.39. The Morgan fingerprint density at radius 3 is 2.80 bits per heavy atom. The molecule has 1 aromatic carbocycles. The minimum Gasteiger partial charge on any atom is -0.347 e. The van der Waals surface area contributed by atoms with Crippen molar-refractivity contribution < 1.29 is 0 Å². The molecule has 0 saturated heterocycles. The molecule has 0 unspecified atom stereocenters. The van der Waals surface area contributed by atoms with Crippen molar-refractivity contribution in [2.24, 2.45) is 5.73 Å². The molecular weight excluding hydrogens is 204 g/mol. The molecule has 0 fully saturated rings. The molecule has 2 nitrogen and oxygen atoms in total. The van der Waals surface area contributed by atoms with E-state index in [1.54, 1.807) is 0 Å². The minimum atomic E-state index is 0.596. The van der Waals surface area contributed by atoms with E-state index in [2.05, 4.69) is 48.5 Å². The van der Waals surface area contributed by atoms with E-state index in [0.717, 1.165) is 12.3 Å². The zero-order valence-corrected chi connectivity index (χ0v) is 9.80. The fraction of sp³-hybridized carbons (Fsp3) is 0.333. The van der Waals surface area contributed by atoms with E-state index in [-0.39, 0.29) is 0 Å². The van der Waals surface area contributed by atoms with E-state index in [9.17, 15) is 0 Å². The lowest BCUT2D eigenvalue weighted by Gasteiger charge is -2.01. The molecule has 0 amide bonds. The van der Waals surface area contributed by atoms with Gasteiger partial charge in [0.05, 0.1) is 0 Å². The van der Waals surface area contributed by atoms with Crippen LogP contribution in [0.3, 0.4) is 0 Å². The molecule has 80 valence electrons. The van der Waals surface area contributed by atoms with Gasteiger partial charge in [0.15, 0.2) is 0 Å². The molecule has 1 aromatic heterocycles. The number of thiol groups is 1. The van der Waals surface area contributed by atoms with Gasteiger partial charge in [-0.05, 0) is 30.2 Å². The summed E-state index contributed by atoms with van der Waals surface area (Å²) in [6, 6.07) is 6.41. The Balaban J connectivity index is 2.68. The third kappa shape index (κ3) is 1.77. The number of nitrogens with two attached hydrogens (primary N) is 1. The Hall–Kier alpha value is -0.930. The van der Waals surface area contributed by atoms with Crippen LogP contribution in [0, 0.1) is 0 Å². The van der Waals surface area contributed by atoms with Crippen LogP contribution in [0.15, 0.2) is 24.4 Å². The zero-order valence-electron chi connectivity index (χ0n) is 8.90. The molecule has 0 atom stereocenters. The predicted molar refractivity (Wildman–Crippen MR) is 68.2 cm³/mol. The number of hydrogen-bond donors (Lipinski definition) is 2. The van der Waals surface area contributed by atoms with Crippen molar-refractivity contribution in [3.63, 3.8) is 0 Å². The molecule has 0 radical (unpaired) electrons. The molecule has 0 saturated carbocycles. The van der Waals surface area contributed by atoms with Gasteiger partial charge in [-0.3, -0.25) is 0 Å². The van der Waals surface area contributed by atoms with E-state index in [1.807, 2.05) is 0 Å². The predicted octanol–water partition coefficient (Wildman–Crippen LogP) is 2.55. The van der Waals surface area contributed by atoms with Crippen molar-refractivity contribution in [3.8, 4) is 0 Å². The second-order valence-electron chi connectivity index (χ2n) is 3.65. The van der Waals surface area contributed by atoms with E-state index in [0.29, 0.717) is 6.54 Å². The highest BCUT2D eigenvalue weighted by Crippen LogP contribution is 2.24. The third-order valence-electron chi connectivity index (χ3n) is 2.77. The van der Waals surface area contributed by atoms with Crippen LogP contribution in [0.2, 0.25) is 0 Å². The average molecular weight is 220 g/mol. The molecule has 0 bridgehead atoms. The fourth-order valence-electron chi connectivity index (χ4n) is 1.93. The van der Waals surface area contributed by atoms with Gasteiger partial charge in [0.1, 0.15) is 0 Å². The van der Waals surface area contributed by atoms with Gasteiger partial charge in [-0.15, -0.1) is 0 Å². The van der Waals surface area contributed by atoms with E-state index in [1.165, 1.54) is 22.0 Å². The van der Waals surface area contributed by atoms with Crippen molar-refractivity contribution in [2.45, 2.75) is 25.8 Å². The third-order valence-corrected chi connectivity index (χ3v) is 3.12. The molecule has 0 aliphatic rings. The van der Waals surface area contributed by atoms with Crippen molar-refractivity contribution in [1.29, 1.82) is 0 Å². The fourth-order valence-corrected chi connectivity index (χ4v) is 2.18. The van der Waals surface area contributed by atoms with Gasteiger partial charge in [0.2, 0.25) is 0 Å². The number of benzene rings is 1. The summed E-state index contributed by atoms with van der Waals surface area (Å²) in [4.78, 5) is 0. The molecule has 0 aliphatic heterocycles. The maximum atomic E-state index is 5.65. The highest BCUT2D eigenvalue weighted by atomic mass is 32.1. The molecule has 2 N–H and O–H groups in total. The average Bonchev–Trinajstić information content (AvgIpc) is 2.65. The second-order valence-corrected chi connectivity index (χ2v) is 3.97. The van der Waals surface area contributed by atoms with Gasteiger partial charge in [-0.1, -0.05) is 6.07 Å². The summed E-state index contributed by atoms with van der Waals surface area (Å²) in [6.07, 6.45) is 2.18. The van der Waals surface area contributed by atoms with E-state index in [4.69, 9.17) is 5.73 Å². The molecule has 0 aliphatic carbocycles. The van der Waals surface area contributed by atoms with Gasteiger partial charge in [0.25, 0.3) is 0 Å². The van der Waals surface area contributed by atoms with Crippen LogP contribution in [-0.4, -0.2) is 4.57 Å². The van der Waals surface area contributed by atoms with Crippen LogP contribution < -0.4 is 5.73 Å². The zero-order chi connectivity index (χ0) is 10.8. The minimum absolute atomic E-state index is 0.596. The number of hydrogen-bond acceptors (Lipinski definition) is 2. The number of nitrogens with zero attached hydrogens (tertiary/aromatic N) is 1. The summed E-state index contributed by atoms with van der Waals surface area (Å²) in [5, 5.41) is 1.29. The van der Waals surface area contributed by atoms with Crippen molar-refractivity contribution in [1.82, 2.24) is 4.57 Å². The van der Waals surface area contributed by atoms with Crippen molar-refractivity contribution >= 4 is 23.5 Å². The van der Waals surface area contributed by atoms with Crippen molar-refractivity contribution in [2.75, 3.05) is 0 Å². The summed E-state index contributed by atoms with van der Waals surface area (Å²) < 4.78 is 2.25. The van der Waals surface area contributed by atoms with E-state index >= 15 is 0 Å². The summed E-state index contributed by atoms with van der Waals surface area (Å²) in [6.45, 7) is 3.74. The maximum absolute atomic E-state index is 5.65. The molecule has 0 spiro atoms. The van der Waals surface area contributed by atoms with Crippen LogP contribution in [0.5, 0.6) is 0 Å². The molecule has 2 rings (SSSR count). The smallest absolute Gasteiger partial charge is 0.0483 e. The van der Waals surface area contributed by atoms with Gasteiger partial charge in [-0.2, -0.15) is 12.6 Å². The Bertz CT molecular complexity index is 474. The Kier molecular flexibility index (Phi) is 3.03. The van der Waals surface area contributed by atoms with Crippen LogP contribution in [0.25, 0.3) is 10.9 Å². The van der Waals surface area contributed by atoms with E-state index < -0.39 is 0 Å². The lowest BCUT2D eigenvalue weighted by molar-refractivity contribution is 0.795. The van der Waals surface area contributed by atoms with Crippen LogP contribution in [0.4, 0.5) is 0 Å². The summed E-state index contributed by atoms with van der Waals surface area (Å²) in [7, 11) is 0. The molecule has 3 heteroatoms. The number of aromatic nitrogens is 1. The molecule has 15 heavy (non-hydrogen) atoms. The van der Waals surface area contributed by atoms with Gasteiger partial charge >= 0.3 is 0 Å². The highest BCUT2D eigenvalue weighted by molar-refractivity contribution is 7.79. The van der Waals surface area contributed by atoms with Crippen LogP contribution >= 0.6 is 12.6 Å². The number of fused-ring (bicyclic) bond motifs is 1.